The number of unbranched alkanes of at least 4 members (excludes halogenated alkanes) is 13. The molecule has 0 rings (SSSR count). The van der Waals surface area contributed by atoms with Crippen LogP contribution in [0.15, 0.2) is 12.2 Å². The maximum Gasteiger partial charge on any atom is 0.466 e. The van der Waals surface area contributed by atoms with Crippen LogP contribution in [0.1, 0.15) is 104 Å². The van der Waals surface area contributed by atoms with Crippen molar-refractivity contribution in [3.8, 4) is 0 Å². The Morgan fingerprint density at radius 2 is 1.11 bits per heavy atom. The van der Waals surface area contributed by atoms with Crippen molar-refractivity contribution >= 4 is 13.8 Å². The topological polar surface area (TPSA) is 113 Å². The molecule has 0 radical (unpaired) electrons. The van der Waals surface area contributed by atoms with Gasteiger partial charge in [-0.1, -0.05) is 97.0 Å². The molecule has 0 aliphatic rings. The molecule has 0 aliphatic carbocycles. The molecule has 0 spiro atoms. The Morgan fingerprint density at radius 3 is 1.43 bits per heavy atom. The van der Waals surface area contributed by atoms with E-state index in [4.69, 9.17) is 24.1 Å². The molecular formula is C20H41O7P. The van der Waals surface area contributed by atoms with Gasteiger partial charge in [-0.05, 0) is 13.3 Å². The molecule has 0 aromatic carbocycles. The van der Waals surface area contributed by atoms with Gasteiger partial charge in [-0.15, -0.1) is 0 Å². The summed E-state index contributed by atoms with van der Waals surface area (Å²) in [6.45, 7) is 7.85. The maximum atomic E-state index is 11.0. The minimum atomic E-state index is -4.64. The molecule has 7 nitrogen and oxygen atoms in total. The molecular weight excluding hydrogens is 383 g/mol. The fraction of sp³-hybridized carbons (Fsp3) is 0.850. The summed E-state index contributed by atoms with van der Waals surface area (Å²) in [4.78, 5) is 42.0. The van der Waals surface area contributed by atoms with Gasteiger partial charge in [0.2, 0.25) is 0 Å². The molecule has 0 amide bonds. The van der Waals surface area contributed by atoms with Crippen molar-refractivity contribution in [2.75, 3.05) is 6.61 Å². The number of carbonyl (C=O) groups is 1. The Bertz CT molecular complexity index is 413. The highest BCUT2D eigenvalue weighted by Gasteiger charge is 2.03. The van der Waals surface area contributed by atoms with Crippen LogP contribution in [-0.4, -0.2) is 27.3 Å². The van der Waals surface area contributed by atoms with Gasteiger partial charge in [0.25, 0.3) is 0 Å². The van der Waals surface area contributed by atoms with E-state index in [9.17, 15) is 4.79 Å². The summed E-state index contributed by atoms with van der Waals surface area (Å²) >= 11 is 0. The lowest BCUT2D eigenvalue weighted by molar-refractivity contribution is -0.268. The minimum absolute atomic E-state index is 0.367. The molecule has 0 heterocycles. The Morgan fingerprint density at radius 1 is 0.786 bits per heavy atom. The summed E-state index contributed by atoms with van der Waals surface area (Å²) in [7, 11) is -4.64. The van der Waals surface area contributed by atoms with Crippen molar-refractivity contribution in [1.29, 1.82) is 0 Å². The molecule has 168 valence electrons. The molecule has 0 fully saturated rings. The van der Waals surface area contributed by atoms with E-state index in [1.165, 1.54) is 77.0 Å². The molecule has 28 heavy (non-hydrogen) atoms. The van der Waals surface area contributed by atoms with Gasteiger partial charge in [0, 0.05) is 5.57 Å². The van der Waals surface area contributed by atoms with Crippen LogP contribution in [0.25, 0.3) is 0 Å². The SMILES string of the molecule is C=C(C)C(=O)OOCCCCCCCCCCCCCCCC.O=P(O)(O)O. The second kappa shape index (κ2) is 21.0. The van der Waals surface area contributed by atoms with Crippen molar-refractivity contribution in [2.24, 2.45) is 0 Å². The van der Waals surface area contributed by atoms with Gasteiger partial charge in [-0.3, -0.25) is 4.89 Å². The van der Waals surface area contributed by atoms with E-state index >= 15 is 0 Å². The van der Waals surface area contributed by atoms with E-state index in [2.05, 4.69) is 18.4 Å². The van der Waals surface area contributed by atoms with Gasteiger partial charge in [0.1, 0.15) is 0 Å². The summed E-state index contributed by atoms with van der Waals surface area (Å²) < 4.78 is 8.88. The van der Waals surface area contributed by atoms with E-state index in [0.717, 1.165) is 12.8 Å². The quantitative estimate of drug-likeness (QED) is 0.0917. The summed E-state index contributed by atoms with van der Waals surface area (Å²) in [5.41, 5.74) is 0.367. The van der Waals surface area contributed by atoms with Crippen LogP contribution < -0.4 is 0 Å². The largest absolute Gasteiger partial charge is 0.466 e. The van der Waals surface area contributed by atoms with Crippen LogP contribution in [-0.2, 0) is 19.1 Å². The van der Waals surface area contributed by atoms with Crippen molar-refractivity contribution in [2.45, 2.75) is 104 Å². The van der Waals surface area contributed by atoms with Crippen LogP contribution in [0.2, 0.25) is 0 Å². The van der Waals surface area contributed by atoms with E-state index in [1.54, 1.807) is 6.92 Å². The van der Waals surface area contributed by atoms with Gasteiger partial charge < -0.3 is 14.7 Å². The highest BCUT2D eigenvalue weighted by Crippen LogP contribution is 2.25. The summed E-state index contributed by atoms with van der Waals surface area (Å²) in [5, 5.41) is 0. The average molecular weight is 425 g/mol. The molecule has 0 aliphatic heterocycles. The van der Waals surface area contributed by atoms with Gasteiger partial charge in [0.15, 0.2) is 0 Å². The van der Waals surface area contributed by atoms with E-state index in [-0.39, 0.29) is 0 Å². The summed E-state index contributed by atoms with van der Waals surface area (Å²) in [6, 6.07) is 0. The Hall–Kier alpha value is -0.720. The van der Waals surface area contributed by atoms with Crippen LogP contribution >= 0.6 is 7.82 Å². The van der Waals surface area contributed by atoms with Gasteiger partial charge in [0.05, 0.1) is 6.61 Å². The van der Waals surface area contributed by atoms with Crippen molar-refractivity contribution in [3.63, 3.8) is 0 Å². The van der Waals surface area contributed by atoms with Crippen LogP contribution in [0, 0.1) is 0 Å². The molecule has 0 atom stereocenters. The highest BCUT2D eigenvalue weighted by molar-refractivity contribution is 7.45. The predicted octanol–water partition coefficient (Wildman–Crippen LogP) is 5.59. The van der Waals surface area contributed by atoms with Crippen molar-refractivity contribution < 1.29 is 33.8 Å². The summed E-state index contributed by atoms with van der Waals surface area (Å²) in [5.74, 6) is -0.477. The third-order valence-electron chi connectivity index (χ3n) is 4.06. The molecule has 0 bridgehead atoms. The summed E-state index contributed by atoms with van der Waals surface area (Å²) in [6.07, 6.45) is 18.6. The fourth-order valence-corrected chi connectivity index (χ4v) is 2.52. The maximum absolute atomic E-state index is 11.0. The standard InChI is InChI=1S/C20H38O3.H3O4P/c1-4-5-6-7-8-9-10-11-12-13-14-15-16-17-18-22-23-20(21)19(2)3;1-5(2,3)4/h2,4-18H2,1,3H3;(H3,1,2,3,4). The number of hydrogen-bond acceptors (Lipinski definition) is 4. The monoisotopic (exact) mass is 424 g/mol. The van der Waals surface area contributed by atoms with Crippen molar-refractivity contribution in [3.05, 3.63) is 12.2 Å². The smallest absolute Gasteiger partial charge is 0.303 e. The molecule has 0 saturated carbocycles. The first kappa shape index (κ1) is 29.5. The van der Waals surface area contributed by atoms with Gasteiger partial charge in [-0.2, -0.15) is 4.89 Å². The number of hydrogen-bond donors (Lipinski definition) is 3. The first-order chi connectivity index (χ1) is 13.2. The first-order valence-electron chi connectivity index (χ1n) is 10.5. The number of rotatable bonds is 17. The molecule has 3 N–H and O–H groups in total. The van der Waals surface area contributed by atoms with Gasteiger partial charge >= 0.3 is 13.8 Å². The Kier molecular flexibility index (Phi) is 22.1. The number of phosphoric acid groups is 1. The van der Waals surface area contributed by atoms with Crippen LogP contribution in [0.4, 0.5) is 0 Å². The number of carbonyl (C=O) groups excluding carboxylic acids is 1. The molecule has 0 aromatic rings. The van der Waals surface area contributed by atoms with Crippen LogP contribution in [0.5, 0.6) is 0 Å². The first-order valence-corrected chi connectivity index (χ1v) is 12.0. The van der Waals surface area contributed by atoms with Gasteiger partial charge in [-0.25, -0.2) is 9.36 Å². The highest BCUT2D eigenvalue weighted by atomic mass is 31.2. The fourth-order valence-electron chi connectivity index (χ4n) is 2.52. The molecule has 8 heteroatoms. The molecule has 0 aromatic heterocycles. The lowest BCUT2D eigenvalue weighted by Crippen LogP contribution is -2.06. The average Bonchev–Trinajstić information content (AvgIpc) is 2.59. The van der Waals surface area contributed by atoms with Crippen LogP contribution in [0.3, 0.4) is 0 Å². The lowest BCUT2D eigenvalue weighted by Gasteiger charge is -2.04. The third-order valence-corrected chi connectivity index (χ3v) is 4.06. The second-order valence-corrected chi connectivity index (χ2v) is 8.11. The second-order valence-electron chi connectivity index (χ2n) is 7.08. The molecule has 0 unspecified atom stereocenters. The minimum Gasteiger partial charge on any atom is -0.303 e. The zero-order chi connectivity index (χ0) is 21.7. The van der Waals surface area contributed by atoms with E-state index < -0.39 is 13.8 Å². The van der Waals surface area contributed by atoms with E-state index in [0.29, 0.717) is 12.2 Å². The lowest BCUT2D eigenvalue weighted by atomic mass is 10.0. The van der Waals surface area contributed by atoms with E-state index in [1.807, 2.05) is 0 Å². The normalized spacial score (nSPS) is 10.9. The Labute approximate surface area is 170 Å². The van der Waals surface area contributed by atoms with Crippen molar-refractivity contribution in [1.82, 2.24) is 0 Å². The zero-order valence-electron chi connectivity index (χ0n) is 17.7. The third kappa shape index (κ3) is 32.9. The predicted molar refractivity (Wildman–Crippen MR) is 111 cm³/mol. The zero-order valence-corrected chi connectivity index (χ0v) is 18.6. The Balaban J connectivity index is 0. The molecule has 0 saturated heterocycles.